The van der Waals surface area contributed by atoms with Gasteiger partial charge in [0.1, 0.15) is 47.5 Å². The fraction of sp³-hybridized carbons (Fsp3) is 0.451. The topological polar surface area (TPSA) is 115 Å². The third kappa shape index (κ3) is 8.32. The van der Waals surface area contributed by atoms with Crippen LogP contribution in [0.25, 0.3) is 22.2 Å². The maximum Gasteiger partial charge on any atom is 0.410 e. The smallest absolute Gasteiger partial charge is 0.410 e. The fourth-order valence-electron chi connectivity index (χ4n) is 10.8. The van der Waals surface area contributed by atoms with Crippen LogP contribution >= 0.6 is 23.2 Å². The summed E-state index contributed by atoms with van der Waals surface area (Å²) in [6, 6.07) is 16.8. The predicted octanol–water partition coefficient (Wildman–Crippen LogP) is 10.2. The van der Waals surface area contributed by atoms with E-state index in [2.05, 4.69) is 21.3 Å². The second kappa shape index (κ2) is 17.5. The summed E-state index contributed by atoms with van der Waals surface area (Å²) in [5, 5.41) is 0.546. The van der Waals surface area contributed by atoms with E-state index in [1.54, 1.807) is 14.2 Å². The first kappa shape index (κ1) is 45.2. The molecule has 7 heterocycles. The molecule has 2 aromatic heterocycles. The highest BCUT2D eigenvalue weighted by Crippen LogP contribution is 2.52. The molecule has 5 aromatic rings. The van der Waals surface area contributed by atoms with Crippen molar-refractivity contribution < 1.29 is 32.9 Å². The molecular formula is C51H56Cl2FN7O6. The SMILES string of the molecule is C=C1CN2CCC[C@@]2(COc2nc3c4c(c(Cl)c(-c5nc(N(Cc6ccc(OC)cc6)Cc6ccc(OC)cc6)cc(C)c5Cl)c(F)c4n2)OC[C@@H]2[C@@H]4CC[C@H](CN32)N4C(=O)OC(C)(C)C)C1. The van der Waals surface area contributed by atoms with Crippen LogP contribution in [0.2, 0.25) is 10.0 Å². The third-order valence-electron chi connectivity index (χ3n) is 14.0. The summed E-state index contributed by atoms with van der Waals surface area (Å²) in [5.41, 5.74) is 2.99. The number of hydrogen-bond acceptors (Lipinski definition) is 12. The molecule has 0 N–H and O–H groups in total. The van der Waals surface area contributed by atoms with E-state index < -0.39 is 11.4 Å². The number of hydrogen-bond donors (Lipinski definition) is 0. The number of amides is 1. The minimum absolute atomic E-state index is 0.00899. The number of rotatable bonds is 11. The lowest BCUT2D eigenvalue weighted by Crippen LogP contribution is -2.63. The molecule has 10 rings (SSSR count). The molecule has 0 radical (unpaired) electrons. The van der Waals surface area contributed by atoms with Crippen LogP contribution in [0.4, 0.5) is 20.8 Å². The average molecular weight is 953 g/mol. The van der Waals surface area contributed by atoms with Gasteiger partial charge < -0.3 is 33.5 Å². The zero-order valence-corrected chi connectivity index (χ0v) is 40.3. The van der Waals surface area contributed by atoms with Crippen molar-refractivity contribution >= 4 is 51.8 Å². The van der Waals surface area contributed by atoms with Crippen molar-refractivity contribution in [1.29, 1.82) is 0 Å². The first-order valence-corrected chi connectivity index (χ1v) is 23.8. The van der Waals surface area contributed by atoms with Gasteiger partial charge in [-0.25, -0.2) is 14.2 Å². The monoisotopic (exact) mass is 951 g/mol. The highest BCUT2D eigenvalue weighted by Gasteiger charge is 2.52. The quantitative estimate of drug-likeness (QED) is 0.117. The number of carbonyl (C=O) groups excluding carboxylic acids is 1. The summed E-state index contributed by atoms with van der Waals surface area (Å²) < 4.78 is 48.3. The normalized spacial score (nSPS) is 22.0. The highest BCUT2D eigenvalue weighted by molar-refractivity contribution is 6.38. The standard InChI is InChI=1S/C51H56Cl2FN7O6/c1-29-22-51(19-8-20-59(51)23-29)28-66-48-56-45-40-46(65-27-37-36-18-13-33(26-60(37)47(40)57-48)61(36)49(62)67-50(3,4)5)42(53)39(43(45)54)44-41(52)30(2)21-38(55-44)58(24-31-9-14-34(63-6)15-10-31)25-32-11-16-35(64-7)17-12-32/h9-12,14-17,21,33,36-37H,1,8,13,18-20,22-28H2,2-7H3/t33-,36+,37-,51+/m1/s1. The number of benzene rings is 3. The molecule has 13 nitrogen and oxygen atoms in total. The van der Waals surface area contributed by atoms with Gasteiger partial charge in [0, 0.05) is 26.2 Å². The number of halogens is 3. The van der Waals surface area contributed by atoms with Crippen LogP contribution in [-0.4, -0.2) is 107 Å². The zero-order chi connectivity index (χ0) is 46.9. The van der Waals surface area contributed by atoms with Crippen molar-refractivity contribution in [3.63, 3.8) is 0 Å². The van der Waals surface area contributed by atoms with Crippen molar-refractivity contribution in [1.82, 2.24) is 24.8 Å². The van der Waals surface area contributed by atoms with Gasteiger partial charge in [-0.15, -0.1) is 0 Å². The summed E-state index contributed by atoms with van der Waals surface area (Å²) in [5.74, 6) is 1.96. The molecule has 4 atom stereocenters. The number of aromatic nitrogens is 3. The van der Waals surface area contributed by atoms with Crippen molar-refractivity contribution in [3.05, 3.63) is 99.3 Å². The van der Waals surface area contributed by atoms with Crippen LogP contribution in [0.3, 0.4) is 0 Å². The molecule has 16 heteroatoms. The van der Waals surface area contributed by atoms with Crippen LogP contribution in [0, 0.1) is 12.7 Å². The molecule has 2 bridgehead atoms. The van der Waals surface area contributed by atoms with Gasteiger partial charge >= 0.3 is 12.1 Å². The minimum Gasteiger partial charge on any atom is -0.497 e. The number of carbonyl (C=O) groups is 1. The molecule has 3 aromatic carbocycles. The Hall–Kier alpha value is -5.57. The molecule has 0 saturated carbocycles. The molecule has 5 aliphatic heterocycles. The average Bonchev–Trinajstić information content (AvgIpc) is 3.91. The first-order chi connectivity index (χ1) is 32.1. The van der Waals surface area contributed by atoms with Crippen molar-refractivity contribution in [2.24, 2.45) is 0 Å². The Labute approximate surface area is 400 Å². The Morgan fingerprint density at radius 3 is 2.31 bits per heavy atom. The molecule has 67 heavy (non-hydrogen) atoms. The molecule has 352 valence electrons. The zero-order valence-electron chi connectivity index (χ0n) is 38.8. The Balaban J connectivity index is 1.10. The summed E-state index contributed by atoms with van der Waals surface area (Å²) >= 11 is 14.7. The van der Waals surface area contributed by atoms with Gasteiger partial charge in [0.15, 0.2) is 11.6 Å². The number of aryl methyl sites for hydroxylation is 1. The number of methoxy groups -OCH3 is 2. The first-order valence-electron chi connectivity index (χ1n) is 23.0. The van der Waals surface area contributed by atoms with E-state index in [1.807, 2.05) is 87.2 Å². The lowest BCUT2D eigenvalue weighted by molar-refractivity contribution is 0.00544. The largest absolute Gasteiger partial charge is 0.497 e. The van der Waals surface area contributed by atoms with Gasteiger partial charge in [-0.2, -0.15) is 9.97 Å². The molecule has 5 aliphatic rings. The Kier molecular flexibility index (Phi) is 11.8. The molecule has 0 unspecified atom stereocenters. The lowest BCUT2D eigenvalue weighted by atomic mass is 9.94. The summed E-state index contributed by atoms with van der Waals surface area (Å²) in [6.07, 6.45) is 3.94. The maximum absolute atomic E-state index is 18.1. The van der Waals surface area contributed by atoms with Gasteiger partial charge in [0.25, 0.3) is 0 Å². The molecule has 1 amide bonds. The highest BCUT2D eigenvalue weighted by atomic mass is 35.5. The van der Waals surface area contributed by atoms with E-state index in [4.69, 9.17) is 61.8 Å². The van der Waals surface area contributed by atoms with Gasteiger partial charge in [-0.3, -0.25) is 9.80 Å². The van der Waals surface area contributed by atoms with E-state index in [-0.39, 0.29) is 74.9 Å². The van der Waals surface area contributed by atoms with E-state index >= 15 is 4.39 Å². The fourth-order valence-corrected chi connectivity index (χ4v) is 11.3. The van der Waals surface area contributed by atoms with Gasteiger partial charge in [-0.05, 0) is 113 Å². The predicted molar refractivity (Wildman–Crippen MR) is 258 cm³/mol. The van der Waals surface area contributed by atoms with E-state index in [0.717, 1.165) is 73.4 Å². The van der Waals surface area contributed by atoms with E-state index in [1.165, 1.54) is 0 Å². The molecule has 0 aliphatic carbocycles. The number of piperazine rings is 1. The Morgan fingerprint density at radius 1 is 0.970 bits per heavy atom. The molecule has 0 spiro atoms. The van der Waals surface area contributed by atoms with Crippen LogP contribution in [0.15, 0.2) is 66.7 Å². The minimum atomic E-state index is -0.729. The van der Waals surface area contributed by atoms with Crippen LogP contribution < -0.4 is 28.7 Å². The van der Waals surface area contributed by atoms with Crippen molar-refractivity contribution in [2.75, 3.05) is 56.9 Å². The molecular weight excluding hydrogens is 897 g/mol. The number of pyridine rings is 1. The number of fused-ring (bicyclic) bond motifs is 6. The second-order valence-electron chi connectivity index (χ2n) is 19.6. The van der Waals surface area contributed by atoms with Crippen molar-refractivity contribution in [3.8, 4) is 34.5 Å². The summed E-state index contributed by atoms with van der Waals surface area (Å²) in [6.45, 7) is 15.3. The number of anilines is 2. The molecule has 4 fully saturated rings. The summed E-state index contributed by atoms with van der Waals surface area (Å²) in [7, 11) is 3.27. The van der Waals surface area contributed by atoms with E-state index in [9.17, 15) is 4.79 Å². The van der Waals surface area contributed by atoms with E-state index in [0.29, 0.717) is 48.8 Å². The Morgan fingerprint density at radius 2 is 1.66 bits per heavy atom. The summed E-state index contributed by atoms with van der Waals surface area (Å²) in [4.78, 5) is 37.4. The molecule has 4 saturated heterocycles. The maximum atomic E-state index is 18.1. The van der Waals surface area contributed by atoms with Crippen LogP contribution in [0.1, 0.15) is 69.6 Å². The second-order valence-corrected chi connectivity index (χ2v) is 20.3. The van der Waals surface area contributed by atoms with Gasteiger partial charge in [-0.1, -0.05) is 59.6 Å². The number of ether oxygens (including phenoxy) is 5. The van der Waals surface area contributed by atoms with Crippen LogP contribution in [-0.2, 0) is 17.8 Å². The van der Waals surface area contributed by atoms with Gasteiger partial charge in [0.05, 0.1) is 64.6 Å². The van der Waals surface area contributed by atoms with Crippen LogP contribution in [0.5, 0.6) is 23.3 Å². The number of nitrogens with zero attached hydrogens (tertiary/aromatic N) is 7. The van der Waals surface area contributed by atoms with Crippen molar-refractivity contribution in [2.45, 2.75) is 102 Å². The third-order valence-corrected chi connectivity index (χ3v) is 14.8. The lowest BCUT2D eigenvalue weighted by Gasteiger charge is -2.46. The Bertz CT molecular complexity index is 2710. The van der Waals surface area contributed by atoms with Gasteiger partial charge in [0.2, 0.25) is 0 Å².